The fourth-order valence-electron chi connectivity index (χ4n) is 3.81. The number of rotatable bonds is 5. The van der Waals surface area contributed by atoms with E-state index in [0.717, 1.165) is 31.2 Å². The van der Waals surface area contributed by atoms with Gasteiger partial charge in [-0.2, -0.15) is 0 Å². The van der Waals surface area contributed by atoms with Gasteiger partial charge in [0.05, 0.1) is 24.6 Å². The summed E-state index contributed by atoms with van der Waals surface area (Å²) in [6.07, 6.45) is 3.59. The Morgan fingerprint density at radius 2 is 1.85 bits per heavy atom. The molecule has 1 aromatic rings. The number of carbonyl (C=O) groups excluding carboxylic acids is 3. The SMILES string of the molecule is COc1cc(Cl)c(C)cc1NC(=O)CCN1C(=O)[C@H]2CCCC[C@H]2C1=O. The fraction of sp³-hybridized carbons (Fsp3) is 0.526. The molecule has 2 atom stereocenters. The van der Waals surface area contributed by atoms with E-state index >= 15 is 0 Å². The van der Waals surface area contributed by atoms with Crippen LogP contribution in [0.4, 0.5) is 5.69 Å². The zero-order valence-electron chi connectivity index (χ0n) is 15.0. The zero-order chi connectivity index (χ0) is 18.8. The number of anilines is 1. The minimum atomic E-state index is -0.277. The normalized spacial score (nSPS) is 22.3. The zero-order valence-corrected chi connectivity index (χ0v) is 15.8. The maximum Gasteiger partial charge on any atom is 0.233 e. The van der Waals surface area contributed by atoms with E-state index < -0.39 is 0 Å². The molecule has 140 valence electrons. The van der Waals surface area contributed by atoms with E-state index in [1.807, 2.05) is 6.92 Å². The molecule has 0 aromatic heterocycles. The van der Waals surface area contributed by atoms with Crippen molar-refractivity contribution in [3.8, 4) is 5.75 Å². The van der Waals surface area contributed by atoms with Crippen LogP contribution in [0, 0.1) is 18.8 Å². The van der Waals surface area contributed by atoms with E-state index in [4.69, 9.17) is 16.3 Å². The number of imide groups is 1. The Hall–Kier alpha value is -2.08. The standard InChI is InChI=1S/C19H23ClN2O4/c1-11-9-15(16(26-2)10-14(11)20)21-17(23)7-8-22-18(24)12-5-3-4-6-13(12)19(22)25/h9-10,12-13H,3-8H2,1-2H3,(H,21,23)/t12-,13+. The van der Waals surface area contributed by atoms with Gasteiger partial charge in [-0.15, -0.1) is 0 Å². The molecule has 0 radical (unpaired) electrons. The van der Waals surface area contributed by atoms with Gasteiger partial charge in [0, 0.05) is 24.1 Å². The first-order chi connectivity index (χ1) is 12.4. The summed E-state index contributed by atoms with van der Waals surface area (Å²) >= 11 is 6.07. The van der Waals surface area contributed by atoms with Crippen molar-refractivity contribution < 1.29 is 19.1 Å². The van der Waals surface area contributed by atoms with Gasteiger partial charge in [0.15, 0.2) is 0 Å². The summed E-state index contributed by atoms with van der Waals surface area (Å²) in [7, 11) is 1.50. The quantitative estimate of drug-likeness (QED) is 0.798. The van der Waals surface area contributed by atoms with Crippen molar-refractivity contribution in [2.75, 3.05) is 19.0 Å². The number of nitrogens with one attached hydrogen (secondary N) is 1. The van der Waals surface area contributed by atoms with Crippen molar-refractivity contribution in [1.29, 1.82) is 0 Å². The third-order valence-electron chi connectivity index (χ3n) is 5.25. The maximum absolute atomic E-state index is 12.4. The van der Waals surface area contributed by atoms with Gasteiger partial charge in [-0.25, -0.2) is 0 Å². The lowest BCUT2D eigenvalue weighted by atomic mass is 9.81. The summed E-state index contributed by atoms with van der Waals surface area (Å²) in [5, 5.41) is 3.33. The molecule has 0 unspecified atom stereocenters. The highest BCUT2D eigenvalue weighted by Gasteiger charge is 2.47. The Kier molecular flexibility index (Phi) is 5.51. The molecule has 1 heterocycles. The number of nitrogens with zero attached hydrogens (tertiary/aromatic N) is 1. The number of hydrogen-bond acceptors (Lipinski definition) is 4. The Morgan fingerprint density at radius 1 is 1.23 bits per heavy atom. The van der Waals surface area contributed by atoms with Crippen LogP contribution in [0.5, 0.6) is 5.75 Å². The topological polar surface area (TPSA) is 75.7 Å². The molecule has 3 amide bonds. The van der Waals surface area contributed by atoms with Crippen LogP contribution >= 0.6 is 11.6 Å². The molecule has 1 aliphatic heterocycles. The number of likely N-dealkylation sites (tertiary alicyclic amines) is 1. The number of ether oxygens (including phenoxy) is 1. The molecule has 1 aromatic carbocycles. The van der Waals surface area contributed by atoms with E-state index in [9.17, 15) is 14.4 Å². The van der Waals surface area contributed by atoms with E-state index in [0.29, 0.717) is 16.5 Å². The Balaban J connectivity index is 1.62. The molecule has 0 spiro atoms. The van der Waals surface area contributed by atoms with Crippen LogP contribution in [-0.4, -0.2) is 36.3 Å². The van der Waals surface area contributed by atoms with Crippen molar-refractivity contribution in [3.05, 3.63) is 22.7 Å². The molecule has 6 nitrogen and oxygen atoms in total. The second-order valence-electron chi connectivity index (χ2n) is 6.93. The molecule has 0 bridgehead atoms. The number of carbonyl (C=O) groups is 3. The number of methoxy groups -OCH3 is 1. The molecule has 26 heavy (non-hydrogen) atoms. The van der Waals surface area contributed by atoms with Gasteiger partial charge < -0.3 is 10.1 Å². The summed E-state index contributed by atoms with van der Waals surface area (Å²) in [5.41, 5.74) is 1.34. The molecule has 7 heteroatoms. The first kappa shape index (κ1) is 18.7. The number of aryl methyl sites for hydroxylation is 1. The summed E-state index contributed by atoms with van der Waals surface area (Å²) in [6.45, 7) is 1.95. The van der Waals surface area contributed by atoms with Crippen molar-refractivity contribution in [3.63, 3.8) is 0 Å². The van der Waals surface area contributed by atoms with E-state index in [-0.39, 0.29) is 42.5 Å². The molecule has 1 N–H and O–H groups in total. The van der Waals surface area contributed by atoms with Crippen molar-refractivity contribution in [1.82, 2.24) is 4.90 Å². The summed E-state index contributed by atoms with van der Waals surface area (Å²) in [6, 6.07) is 3.38. The number of halogens is 1. The molecular formula is C19H23ClN2O4. The van der Waals surface area contributed by atoms with Gasteiger partial charge in [0.2, 0.25) is 17.7 Å². The molecule has 2 fully saturated rings. The molecule has 3 rings (SSSR count). The third kappa shape index (κ3) is 3.56. The number of amides is 3. The summed E-state index contributed by atoms with van der Waals surface area (Å²) < 4.78 is 5.24. The highest BCUT2D eigenvalue weighted by atomic mass is 35.5. The van der Waals surface area contributed by atoms with Crippen LogP contribution in [0.3, 0.4) is 0 Å². The van der Waals surface area contributed by atoms with Gasteiger partial charge in [0.1, 0.15) is 5.75 Å². The average molecular weight is 379 g/mol. The third-order valence-corrected chi connectivity index (χ3v) is 5.66. The van der Waals surface area contributed by atoms with Crippen LogP contribution in [0.1, 0.15) is 37.7 Å². The minimum Gasteiger partial charge on any atom is -0.495 e. The van der Waals surface area contributed by atoms with Crippen molar-refractivity contribution >= 4 is 35.0 Å². The van der Waals surface area contributed by atoms with Crippen LogP contribution in [0.2, 0.25) is 5.02 Å². The average Bonchev–Trinajstić information content (AvgIpc) is 2.87. The highest BCUT2D eigenvalue weighted by molar-refractivity contribution is 6.31. The highest BCUT2D eigenvalue weighted by Crippen LogP contribution is 2.38. The largest absolute Gasteiger partial charge is 0.495 e. The van der Waals surface area contributed by atoms with E-state index in [2.05, 4.69) is 5.32 Å². The van der Waals surface area contributed by atoms with Crippen LogP contribution in [0.15, 0.2) is 12.1 Å². The summed E-state index contributed by atoms with van der Waals surface area (Å²) in [4.78, 5) is 38.5. The molecule has 1 saturated heterocycles. The molecule has 1 aliphatic carbocycles. The molecule has 1 saturated carbocycles. The second kappa shape index (κ2) is 7.66. The van der Waals surface area contributed by atoms with Crippen molar-refractivity contribution in [2.45, 2.75) is 39.0 Å². The predicted molar refractivity (Wildman–Crippen MR) is 98.2 cm³/mol. The van der Waals surface area contributed by atoms with Gasteiger partial charge in [-0.3, -0.25) is 19.3 Å². The first-order valence-corrected chi connectivity index (χ1v) is 9.29. The second-order valence-corrected chi connectivity index (χ2v) is 7.33. The van der Waals surface area contributed by atoms with Crippen LogP contribution < -0.4 is 10.1 Å². The first-order valence-electron chi connectivity index (χ1n) is 8.91. The predicted octanol–water partition coefficient (Wildman–Crippen LogP) is 3.16. The van der Waals surface area contributed by atoms with Gasteiger partial charge >= 0.3 is 0 Å². The lowest BCUT2D eigenvalue weighted by Gasteiger charge is -2.19. The smallest absolute Gasteiger partial charge is 0.233 e. The number of hydrogen-bond donors (Lipinski definition) is 1. The van der Waals surface area contributed by atoms with Gasteiger partial charge in [0.25, 0.3) is 0 Å². The van der Waals surface area contributed by atoms with Gasteiger partial charge in [-0.1, -0.05) is 24.4 Å². The molecular weight excluding hydrogens is 356 g/mol. The van der Waals surface area contributed by atoms with Gasteiger partial charge in [-0.05, 0) is 31.4 Å². The maximum atomic E-state index is 12.4. The number of benzene rings is 1. The van der Waals surface area contributed by atoms with E-state index in [1.165, 1.54) is 12.0 Å². The lowest BCUT2D eigenvalue weighted by Crippen LogP contribution is -2.34. The minimum absolute atomic E-state index is 0.0573. The van der Waals surface area contributed by atoms with Crippen LogP contribution in [0.25, 0.3) is 0 Å². The monoisotopic (exact) mass is 378 g/mol. The van der Waals surface area contributed by atoms with Crippen molar-refractivity contribution in [2.24, 2.45) is 11.8 Å². The van der Waals surface area contributed by atoms with Crippen LogP contribution in [-0.2, 0) is 14.4 Å². The Bertz CT molecular complexity index is 725. The Labute approximate surface area is 157 Å². The summed E-state index contributed by atoms with van der Waals surface area (Å²) in [5.74, 6) is -0.412. The Morgan fingerprint density at radius 3 is 2.42 bits per heavy atom. The van der Waals surface area contributed by atoms with E-state index in [1.54, 1.807) is 12.1 Å². The lowest BCUT2D eigenvalue weighted by molar-refractivity contribution is -0.140. The number of fused-ring (bicyclic) bond motifs is 1. The molecule has 2 aliphatic rings. The fourth-order valence-corrected chi connectivity index (χ4v) is 3.96.